The van der Waals surface area contributed by atoms with E-state index in [2.05, 4.69) is 28.6 Å². The Bertz CT molecular complexity index is 303. The second-order valence-electron chi connectivity index (χ2n) is 4.19. The number of hydrogen-bond acceptors (Lipinski definition) is 3. The van der Waals surface area contributed by atoms with Crippen LogP contribution in [0.5, 0.6) is 0 Å². The van der Waals surface area contributed by atoms with Gasteiger partial charge in [-0.05, 0) is 50.9 Å². The van der Waals surface area contributed by atoms with Gasteiger partial charge in [0.05, 0.1) is 0 Å². The molecular formula is C12H19N3. The number of pyridine rings is 1. The summed E-state index contributed by atoms with van der Waals surface area (Å²) in [5.41, 5.74) is 1.23. The Morgan fingerprint density at radius 1 is 1.40 bits per heavy atom. The van der Waals surface area contributed by atoms with Gasteiger partial charge in [0.15, 0.2) is 0 Å². The van der Waals surface area contributed by atoms with Crippen molar-refractivity contribution in [3.8, 4) is 0 Å². The lowest BCUT2D eigenvalue weighted by Crippen LogP contribution is -2.22. The predicted molar refractivity (Wildman–Crippen MR) is 63.1 cm³/mol. The molecule has 0 aromatic carbocycles. The zero-order valence-corrected chi connectivity index (χ0v) is 9.29. The van der Waals surface area contributed by atoms with E-state index in [1.165, 1.54) is 24.8 Å². The van der Waals surface area contributed by atoms with Gasteiger partial charge in [0.2, 0.25) is 0 Å². The Kier molecular flexibility index (Phi) is 3.56. The summed E-state index contributed by atoms with van der Waals surface area (Å²) in [4.78, 5) is 4.37. The van der Waals surface area contributed by atoms with Crippen LogP contribution in [0.2, 0.25) is 0 Å². The first-order valence-electron chi connectivity index (χ1n) is 5.75. The highest BCUT2D eigenvalue weighted by Gasteiger charge is 2.12. The maximum absolute atomic E-state index is 4.37. The highest BCUT2D eigenvalue weighted by Crippen LogP contribution is 2.15. The van der Waals surface area contributed by atoms with Crippen LogP contribution >= 0.6 is 0 Å². The topological polar surface area (TPSA) is 37.0 Å². The van der Waals surface area contributed by atoms with Crippen molar-refractivity contribution in [1.82, 2.24) is 10.3 Å². The van der Waals surface area contributed by atoms with Gasteiger partial charge in [-0.2, -0.15) is 0 Å². The van der Waals surface area contributed by atoms with Crippen molar-refractivity contribution < 1.29 is 0 Å². The van der Waals surface area contributed by atoms with Gasteiger partial charge in [0.1, 0.15) is 5.82 Å². The molecule has 1 aliphatic heterocycles. The van der Waals surface area contributed by atoms with E-state index >= 15 is 0 Å². The minimum absolute atomic E-state index is 0.577. The molecule has 0 spiro atoms. The standard InChI is InChI=1S/C12H19N3/c1-10-4-2-8-14-12(10)15-11-5-3-7-13-9-6-11/h2,4,8,11,13H,3,5-7,9H2,1H3,(H,14,15). The van der Waals surface area contributed by atoms with Gasteiger partial charge in [0.25, 0.3) is 0 Å². The van der Waals surface area contributed by atoms with Gasteiger partial charge in [-0.1, -0.05) is 6.07 Å². The van der Waals surface area contributed by atoms with Gasteiger partial charge in [-0.25, -0.2) is 4.98 Å². The Morgan fingerprint density at radius 3 is 3.20 bits per heavy atom. The lowest BCUT2D eigenvalue weighted by atomic mass is 10.1. The van der Waals surface area contributed by atoms with Crippen LogP contribution in [0, 0.1) is 6.92 Å². The highest BCUT2D eigenvalue weighted by atomic mass is 15.0. The Hall–Kier alpha value is -1.09. The van der Waals surface area contributed by atoms with E-state index in [0.717, 1.165) is 18.9 Å². The Balaban J connectivity index is 1.98. The lowest BCUT2D eigenvalue weighted by molar-refractivity contribution is 0.634. The summed E-state index contributed by atoms with van der Waals surface area (Å²) in [5.74, 6) is 1.05. The molecule has 0 aliphatic carbocycles. The lowest BCUT2D eigenvalue weighted by Gasteiger charge is -2.17. The SMILES string of the molecule is Cc1cccnc1NC1CCCNCC1. The predicted octanol–water partition coefficient (Wildman–Crippen LogP) is 1.94. The number of anilines is 1. The molecule has 1 aromatic heterocycles. The molecule has 1 atom stereocenters. The molecule has 3 heteroatoms. The van der Waals surface area contributed by atoms with Crippen LogP contribution in [0.3, 0.4) is 0 Å². The molecule has 3 nitrogen and oxygen atoms in total. The first-order valence-corrected chi connectivity index (χ1v) is 5.75. The van der Waals surface area contributed by atoms with E-state index in [1.54, 1.807) is 0 Å². The van der Waals surface area contributed by atoms with Crippen molar-refractivity contribution in [2.24, 2.45) is 0 Å². The van der Waals surface area contributed by atoms with E-state index in [-0.39, 0.29) is 0 Å². The molecule has 1 aromatic rings. The third-order valence-corrected chi connectivity index (χ3v) is 2.93. The second kappa shape index (κ2) is 5.12. The smallest absolute Gasteiger partial charge is 0.129 e. The Labute approximate surface area is 91.3 Å². The van der Waals surface area contributed by atoms with Crippen molar-refractivity contribution in [1.29, 1.82) is 0 Å². The average Bonchev–Trinajstić information content (AvgIpc) is 2.50. The zero-order chi connectivity index (χ0) is 10.5. The van der Waals surface area contributed by atoms with Crippen LogP contribution < -0.4 is 10.6 Å². The molecule has 0 saturated carbocycles. The van der Waals surface area contributed by atoms with Crippen LogP contribution in [0.1, 0.15) is 24.8 Å². The molecule has 15 heavy (non-hydrogen) atoms. The molecule has 0 amide bonds. The van der Waals surface area contributed by atoms with Gasteiger partial charge in [-0.15, -0.1) is 0 Å². The molecule has 1 unspecified atom stereocenters. The van der Waals surface area contributed by atoms with Crippen molar-refractivity contribution >= 4 is 5.82 Å². The van der Waals surface area contributed by atoms with Gasteiger partial charge in [0, 0.05) is 12.2 Å². The van der Waals surface area contributed by atoms with Crippen molar-refractivity contribution in [2.75, 3.05) is 18.4 Å². The molecule has 2 N–H and O–H groups in total. The number of nitrogens with one attached hydrogen (secondary N) is 2. The molecule has 2 rings (SSSR count). The number of aryl methyl sites for hydroxylation is 1. The number of hydrogen-bond donors (Lipinski definition) is 2. The number of nitrogens with zero attached hydrogens (tertiary/aromatic N) is 1. The first-order chi connectivity index (χ1) is 7.36. The largest absolute Gasteiger partial charge is 0.367 e. The molecule has 82 valence electrons. The minimum Gasteiger partial charge on any atom is -0.367 e. The van der Waals surface area contributed by atoms with E-state index in [9.17, 15) is 0 Å². The Morgan fingerprint density at radius 2 is 2.33 bits per heavy atom. The zero-order valence-electron chi connectivity index (χ0n) is 9.29. The monoisotopic (exact) mass is 205 g/mol. The fourth-order valence-electron chi connectivity index (χ4n) is 1.99. The summed E-state index contributed by atoms with van der Waals surface area (Å²) in [5, 5.41) is 6.96. The third kappa shape index (κ3) is 2.93. The first kappa shape index (κ1) is 10.4. The molecular weight excluding hydrogens is 186 g/mol. The summed E-state index contributed by atoms with van der Waals surface area (Å²) < 4.78 is 0. The van der Waals surface area contributed by atoms with Crippen molar-refractivity contribution in [3.05, 3.63) is 23.9 Å². The fraction of sp³-hybridized carbons (Fsp3) is 0.583. The van der Waals surface area contributed by atoms with Crippen LogP contribution in [-0.2, 0) is 0 Å². The maximum Gasteiger partial charge on any atom is 0.129 e. The van der Waals surface area contributed by atoms with Crippen LogP contribution in [-0.4, -0.2) is 24.1 Å². The van der Waals surface area contributed by atoms with E-state index in [1.807, 2.05) is 12.3 Å². The molecule has 0 bridgehead atoms. The maximum atomic E-state index is 4.37. The molecule has 1 saturated heterocycles. The van der Waals surface area contributed by atoms with Crippen LogP contribution in [0.15, 0.2) is 18.3 Å². The van der Waals surface area contributed by atoms with Crippen LogP contribution in [0.25, 0.3) is 0 Å². The minimum atomic E-state index is 0.577. The molecule has 0 radical (unpaired) electrons. The normalized spacial score (nSPS) is 22.1. The second-order valence-corrected chi connectivity index (χ2v) is 4.19. The quantitative estimate of drug-likeness (QED) is 0.775. The number of rotatable bonds is 2. The van der Waals surface area contributed by atoms with E-state index in [0.29, 0.717) is 6.04 Å². The summed E-state index contributed by atoms with van der Waals surface area (Å²) >= 11 is 0. The van der Waals surface area contributed by atoms with Crippen LogP contribution in [0.4, 0.5) is 5.82 Å². The summed E-state index contributed by atoms with van der Waals surface area (Å²) in [6, 6.07) is 4.66. The summed E-state index contributed by atoms with van der Waals surface area (Å²) in [6.45, 7) is 4.37. The third-order valence-electron chi connectivity index (χ3n) is 2.93. The van der Waals surface area contributed by atoms with Gasteiger partial charge in [-0.3, -0.25) is 0 Å². The molecule has 2 heterocycles. The molecule has 1 aliphatic rings. The van der Waals surface area contributed by atoms with Gasteiger partial charge < -0.3 is 10.6 Å². The number of aromatic nitrogens is 1. The molecule has 1 fully saturated rings. The highest BCUT2D eigenvalue weighted by molar-refractivity contribution is 5.43. The summed E-state index contributed by atoms with van der Waals surface area (Å²) in [6.07, 6.45) is 5.53. The summed E-state index contributed by atoms with van der Waals surface area (Å²) in [7, 11) is 0. The van der Waals surface area contributed by atoms with E-state index < -0.39 is 0 Å². The van der Waals surface area contributed by atoms with Crippen molar-refractivity contribution in [2.45, 2.75) is 32.2 Å². The van der Waals surface area contributed by atoms with Crippen molar-refractivity contribution in [3.63, 3.8) is 0 Å². The van der Waals surface area contributed by atoms with E-state index in [4.69, 9.17) is 0 Å². The average molecular weight is 205 g/mol. The van der Waals surface area contributed by atoms with Gasteiger partial charge >= 0.3 is 0 Å². The fourth-order valence-corrected chi connectivity index (χ4v) is 1.99.